The molecule has 0 bridgehead atoms. The molecule has 5 unspecified atom stereocenters. The fraction of sp³-hybridized carbons (Fsp3) is 0.882. The zero-order chi connectivity index (χ0) is 12.8. The van der Waals surface area contributed by atoms with E-state index in [-0.39, 0.29) is 0 Å². The third-order valence-corrected chi connectivity index (χ3v) is 5.79. The molecule has 0 heterocycles. The van der Waals surface area contributed by atoms with Crippen molar-refractivity contribution in [1.29, 1.82) is 0 Å². The van der Waals surface area contributed by atoms with Crippen LogP contribution in [0.5, 0.6) is 0 Å². The summed E-state index contributed by atoms with van der Waals surface area (Å²) in [5.74, 6) is 4.61. The molecule has 0 spiro atoms. The third-order valence-electron chi connectivity index (χ3n) is 5.79. The van der Waals surface area contributed by atoms with Gasteiger partial charge in [-0.3, -0.25) is 0 Å². The molecule has 17 heavy (non-hydrogen) atoms. The molecule has 98 valence electrons. The van der Waals surface area contributed by atoms with Gasteiger partial charge in [-0.05, 0) is 47.8 Å². The molecule has 0 aliphatic heterocycles. The summed E-state index contributed by atoms with van der Waals surface area (Å²) in [5.41, 5.74) is 2.31. The van der Waals surface area contributed by atoms with Crippen LogP contribution in [0.1, 0.15) is 60.8 Å². The zero-order valence-corrected chi connectivity index (χ0v) is 12.6. The van der Waals surface area contributed by atoms with Gasteiger partial charge in [-0.15, -0.1) is 0 Å². The van der Waals surface area contributed by atoms with E-state index >= 15 is 0 Å². The van der Waals surface area contributed by atoms with Crippen molar-refractivity contribution in [3.05, 3.63) is 11.6 Å². The molecule has 0 radical (unpaired) electrons. The Bertz CT molecular complexity index is 310. The lowest BCUT2D eigenvalue weighted by atomic mass is 9.85. The summed E-state index contributed by atoms with van der Waals surface area (Å²) in [6, 6.07) is 0. The first-order valence-corrected chi connectivity index (χ1v) is 7.57. The quantitative estimate of drug-likeness (QED) is 0.547. The molecular formula is C17H30. The van der Waals surface area contributed by atoms with Gasteiger partial charge in [0.15, 0.2) is 0 Å². The second-order valence-electron chi connectivity index (χ2n) is 7.37. The molecule has 0 aromatic rings. The van der Waals surface area contributed by atoms with E-state index in [0.29, 0.717) is 5.41 Å². The first kappa shape index (κ1) is 13.2. The Morgan fingerprint density at radius 2 is 1.82 bits per heavy atom. The molecule has 2 rings (SSSR count). The van der Waals surface area contributed by atoms with Crippen LogP contribution in [0.4, 0.5) is 0 Å². The van der Waals surface area contributed by atoms with Gasteiger partial charge in [-0.1, -0.05) is 59.6 Å². The Balaban J connectivity index is 1.96. The van der Waals surface area contributed by atoms with Crippen molar-refractivity contribution in [2.45, 2.75) is 60.8 Å². The predicted octanol–water partition coefficient (Wildman–Crippen LogP) is 5.30. The minimum absolute atomic E-state index is 0.595. The van der Waals surface area contributed by atoms with Crippen LogP contribution in [0.25, 0.3) is 0 Å². The highest BCUT2D eigenvalue weighted by Crippen LogP contribution is 2.67. The lowest BCUT2D eigenvalue weighted by Crippen LogP contribution is -2.13. The van der Waals surface area contributed by atoms with Crippen LogP contribution < -0.4 is 0 Å². The van der Waals surface area contributed by atoms with Crippen LogP contribution in [-0.2, 0) is 0 Å². The molecule has 0 heteroatoms. The van der Waals surface area contributed by atoms with Crippen molar-refractivity contribution in [3.8, 4) is 0 Å². The monoisotopic (exact) mass is 234 g/mol. The Morgan fingerprint density at radius 1 is 1.24 bits per heavy atom. The number of hydrogen-bond acceptors (Lipinski definition) is 0. The summed E-state index contributed by atoms with van der Waals surface area (Å²) < 4.78 is 0. The van der Waals surface area contributed by atoms with Gasteiger partial charge in [0.05, 0.1) is 0 Å². The maximum Gasteiger partial charge on any atom is -0.0136 e. The van der Waals surface area contributed by atoms with Crippen LogP contribution in [-0.4, -0.2) is 0 Å². The average Bonchev–Trinajstić information content (AvgIpc) is 3.14. The molecule has 0 saturated heterocycles. The fourth-order valence-electron chi connectivity index (χ4n) is 4.32. The highest BCUT2D eigenvalue weighted by Gasteiger charge is 2.61. The maximum absolute atomic E-state index is 2.50. The molecule has 1 fully saturated rings. The van der Waals surface area contributed by atoms with Crippen LogP contribution in [0.3, 0.4) is 0 Å². The predicted molar refractivity (Wildman–Crippen MR) is 75.9 cm³/mol. The SMILES string of the molecule is CCC(C)C(C)C1C(C(C)CC2=CC2)C1(C)C. The van der Waals surface area contributed by atoms with Crippen molar-refractivity contribution < 1.29 is 0 Å². The molecule has 0 amide bonds. The lowest BCUT2D eigenvalue weighted by molar-refractivity contribution is 0.293. The van der Waals surface area contributed by atoms with Gasteiger partial charge in [0.2, 0.25) is 0 Å². The third kappa shape index (κ3) is 2.46. The summed E-state index contributed by atoms with van der Waals surface area (Å²) >= 11 is 0. The minimum Gasteiger partial charge on any atom is -0.0809 e. The summed E-state index contributed by atoms with van der Waals surface area (Å²) in [6.45, 7) is 14.7. The smallest absolute Gasteiger partial charge is 0.0136 e. The zero-order valence-electron chi connectivity index (χ0n) is 12.6. The van der Waals surface area contributed by atoms with E-state index in [2.05, 4.69) is 47.6 Å². The van der Waals surface area contributed by atoms with Gasteiger partial charge in [0.25, 0.3) is 0 Å². The van der Waals surface area contributed by atoms with Crippen molar-refractivity contribution >= 4 is 0 Å². The Hall–Kier alpha value is -0.260. The van der Waals surface area contributed by atoms with Gasteiger partial charge in [-0.25, -0.2) is 0 Å². The maximum atomic E-state index is 2.50. The number of hydrogen-bond donors (Lipinski definition) is 0. The standard InChI is InChI=1S/C17H30/c1-7-11(2)13(4)16-15(17(16,5)6)12(3)10-14-8-9-14/h8,11-13,15-16H,7,9-10H2,1-6H3. The average molecular weight is 234 g/mol. The van der Waals surface area contributed by atoms with E-state index in [4.69, 9.17) is 0 Å². The molecule has 5 atom stereocenters. The number of allylic oxidation sites excluding steroid dienone is 2. The molecule has 2 aliphatic rings. The Morgan fingerprint density at radius 3 is 2.29 bits per heavy atom. The van der Waals surface area contributed by atoms with Gasteiger partial charge >= 0.3 is 0 Å². The van der Waals surface area contributed by atoms with E-state index < -0.39 is 0 Å². The van der Waals surface area contributed by atoms with Crippen LogP contribution in [0.15, 0.2) is 11.6 Å². The minimum atomic E-state index is 0.595. The van der Waals surface area contributed by atoms with E-state index in [9.17, 15) is 0 Å². The summed E-state index contributed by atoms with van der Waals surface area (Å²) in [6.07, 6.45) is 6.42. The van der Waals surface area contributed by atoms with Crippen molar-refractivity contribution in [3.63, 3.8) is 0 Å². The molecular weight excluding hydrogens is 204 g/mol. The van der Waals surface area contributed by atoms with Crippen molar-refractivity contribution in [1.82, 2.24) is 0 Å². The second kappa shape index (κ2) is 4.44. The topological polar surface area (TPSA) is 0 Å². The fourth-order valence-corrected chi connectivity index (χ4v) is 4.32. The van der Waals surface area contributed by atoms with E-state index in [1.54, 1.807) is 5.57 Å². The Kier molecular flexibility index (Phi) is 3.45. The van der Waals surface area contributed by atoms with E-state index in [1.165, 1.54) is 19.3 Å². The largest absolute Gasteiger partial charge is 0.0809 e. The molecule has 0 aromatic carbocycles. The van der Waals surface area contributed by atoms with Crippen molar-refractivity contribution in [2.24, 2.45) is 35.0 Å². The van der Waals surface area contributed by atoms with Gasteiger partial charge in [0.1, 0.15) is 0 Å². The Labute approximate surface area is 108 Å². The normalized spacial score (nSPS) is 34.8. The lowest BCUT2D eigenvalue weighted by Gasteiger charge is -2.20. The van der Waals surface area contributed by atoms with Crippen LogP contribution in [0.2, 0.25) is 0 Å². The van der Waals surface area contributed by atoms with E-state index in [1.807, 2.05) is 0 Å². The van der Waals surface area contributed by atoms with E-state index in [0.717, 1.165) is 29.6 Å². The van der Waals surface area contributed by atoms with Gasteiger partial charge < -0.3 is 0 Å². The molecule has 2 aliphatic carbocycles. The van der Waals surface area contributed by atoms with Crippen molar-refractivity contribution in [2.75, 3.05) is 0 Å². The summed E-state index contributed by atoms with van der Waals surface area (Å²) in [4.78, 5) is 0. The van der Waals surface area contributed by atoms with Crippen LogP contribution >= 0.6 is 0 Å². The second-order valence-corrected chi connectivity index (χ2v) is 7.37. The van der Waals surface area contributed by atoms with Crippen LogP contribution in [0, 0.1) is 35.0 Å². The molecule has 1 saturated carbocycles. The van der Waals surface area contributed by atoms with Gasteiger partial charge in [-0.2, -0.15) is 0 Å². The van der Waals surface area contributed by atoms with Gasteiger partial charge in [0, 0.05) is 0 Å². The molecule has 0 aromatic heterocycles. The molecule has 0 N–H and O–H groups in total. The molecule has 0 nitrogen and oxygen atoms in total. The summed E-state index contributed by atoms with van der Waals surface area (Å²) in [7, 11) is 0. The first-order valence-electron chi connectivity index (χ1n) is 7.57. The first-order chi connectivity index (χ1) is 7.89. The highest BCUT2D eigenvalue weighted by molar-refractivity contribution is 5.23. The highest BCUT2D eigenvalue weighted by atomic mass is 14.7. The number of rotatable bonds is 6. The summed E-state index contributed by atoms with van der Waals surface area (Å²) in [5, 5.41) is 0.